The summed E-state index contributed by atoms with van der Waals surface area (Å²) >= 11 is 0. The Labute approximate surface area is 271 Å². The number of hydrogen-bond donors (Lipinski definition) is 1. The minimum atomic E-state index is -2.67. The number of carbonyl (C=O) groups excluding carboxylic acids is 2. The molecule has 0 radical (unpaired) electrons. The smallest absolute Gasteiger partial charge is 0.302 e. The average molecular weight is 631 g/mol. The third kappa shape index (κ3) is 4.91. The number of Topliss-reactive ketones (excluding diaryl/α,β-unsaturated/α-hetero) is 1. The van der Waals surface area contributed by atoms with Crippen molar-refractivity contribution in [2.45, 2.75) is 123 Å². The first kappa shape index (κ1) is 32.6. The summed E-state index contributed by atoms with van der Waals surface area (Å²) in [6, 6.07) is 21.9. The van der Waals surface area contributed by atoms with Crippen molar-refractivity contribution in [1.82, 2.24) is 0 Å². The Morgan fingerprint density at radius 3 is 1.96 bits per heavy atom. The van der Waals surface area contributed by atoms with Crippen LogP contribution in [0.2, 0.25) is 5.04 Å². The van der Waals surface area contributed by atoms with Gasteiger partial charge in [-0.2, -0.15) is 0 Å². The molecule has 4 aliphatic carbocycles. The van der Waals surface area contributed by atoms with E-state index in [1.165, 1.54) is 17.3 Å². The summed E-state index contributed by atoms with van der Waals surface area (Å²) in [5, 5.41) is 15.2. The van der Waals surface area contributed by atoms with E-state index < -0.39 is 25.4 Å². The molecule has 4 fully saturated rings. The second-order valence-electron chi connectivity index (χ2n) is 16.4. The van der Waals surface area contributed by atoms with Crippen LogP contribution in [0.1, 0.15) is 99.8 Å². The molecule has 0 heterocycles. The standard InChI is InChI=1S/C39H54O5Si/c1-26(40)32-21-23-39(42)33-19-18-28-24-29(20-22-37(28,6)34(33)25-35(38(32,39)7)43-27(2)41)44-45(36(3,4)5,30-14-10-8-11-15-30)31-16-12-9-13-17-31/h8-17,28-29,32-35,42H,18-25H2,1-7H3/t28-,29+,32-,33-,34+,35-,37+,38+,39+/m1/s1. The molecule has 2 aromatic carbocycles. The minimum absolute atomic E-state index is 0.0119. The third-order valence-electron chi connectivity index (χ3n) is 13.4. The predicted molar refractivity (Wildman–Crippen MR) is 181 cm³/mol. The van der Waals surface area contributed by atoms with Crippen molar-refractivity contribution < 1.29 is 23.9 Å². The van der Waals surface area contributed by atoms with Gasteiger partial charge in [0.15, 0.2) is 0 Å². The van der Waals surface area contributed by atoms with Crippen LogP contribution in [0.25, 0.3) is 0 Å². The maximum absolute atomic E-state index is 12.9. The maximum Gasteiger partial charge on any atom is 0.302 e. The van der Waals surface area contributed by atoms with Crippen LogP contribution < -0.4 is 10.4 Å². The van der Waals surface area contributed by atoms with Crippen molar-refractivity contribution >= 4 is 30.4 Å². The number of carbonyl (C=O) groups is 2. The van der Waals surface area contributed by atoms with Gasteiger partial charge in [0.25, 0.3) is 8.32 Å². The average Bonchev–Trinajstić information content (AvgIpc) is 3.28. The normalized spacial score (nSPS) is 38.0. The van der Waals surface area contributed by atoms with Crippen molar-refractivity contribution in [2.75, 3.05) is 0 Å². The second kappa shape index (κ2) is 11.5. The van der Waals surface area contributed by atoms with Crippen molar-refractivity contribution in [3.8, 4) is 0 Å². The number of ether oxygens (including phenoxy) is 1. The molecule has 6 heteroatoms. The molecule has 6 rings (SSSR count). The van der Waals surface area contributed by atoms with Gasteiger partial charge in [-0.3, -0.25) is 9.59 Å². The molecule has 2 aromatic rings. The number of benzene rings is 2. The Balaban J connectivity index is 1.33. The molecular formula is C39H54O5Si. The van der Waals surface area contributed by atoms with Gasteiger partial charge >= 0.3 is 5.97 Å². The van der Waals surface area contributed by atoms with E-state index in [2.05, 4.69) is 88.4 Å². The van der Waals surface area contributed by atoms with E-state index in [-0.39, 0.29) is 46.1 Å². The number of esters is 1. The number of aliphatic hydroxyl groups is 1. The van der Waals surface area contributed by atoms with E-state index in [9.17, 15) is 14.7 Å². The maximum atomic E-state index is 12.9. The largest absolute Gasteiger partial charge is 0.462 e. The lowest BCUT2D eigenvalue weighted by atomic mass is 9.42. The van der Waals surface area contributed by atoms with Gasteiger partial charge in [-0.25, -0.2) is 0 Å². The Hall–Kier alpha value is -2.28. The highest BCUT2D eigenvalue weighted by molar-refractivity contribution is 6.99. The molecule has 0 amide bonds. The van der Waals surface area contributed by atoms with Crippen LogP contribution in [0.15, 0.2) is 60.7 Å². The summed E-state index contributed by atoms with van der Waals surface area (Å²) in [5.74, 6) is 0.300. The Bertz CT molecular complexity index is 1360. The summed E-state index contributed by atoms with van der Waals surface area (Å²) in [6.07, 6.45) is 6.70. The Morgan fingerprint density at radius 2 is 1.42 bits per heavy atom. The second-order valence-corrected chi connectivity index (χ2v) is 20.7. The molecule has 9 atom stereocenters. The molecule has 0 unspecified atom stereocenters. The van der Waals surface area contributed by atoms with Crippen LogP contribution >= 0.6 is 0 Å². The molecular weight excluding hydrogens is 577 g/mol. The molecule has 4 aliphatic rings. The first-order valence-corrected chi connectivity index (χ1v) is 19.3. The van der Waals surface area contributed by atoms with Crippen LogP contribution in [0.3, 0.4) is 0 Å². The van der Waals surface area contributed by atoms with Gasteiger partial charge in [-0.15, -0.1) is 0 Å². The lowest BCUT2D eigenvalue weighted by molar-refractivity contribution is -0.251. The molecule has 0 bridgehead atoms. The topological polar surface area (TPSA) is 72.8 Å². The first-order valence-electron chi connectivity index (χ1n) is 17.4. The summed E-state index contributed by atoms with van der Waals surface area (Å²) < 4.78 is 13.7. The van der Waals surface area contributed by atoms with E-state index in [1.54, 1.807) is 6.92 Å². The molecule has 0 spiro atoms. The molecule has 0 saturated heterocycles. The van der Waals surface area contributed by atoms with Crippen molar-refractivity contribution in [3.63, 3.8) is 0 Å². The molecule has 45 heavy (non-hydrogen) atoms. The lowest BCUT2D eigenvalue weighted by Gasteiger charge is -2.65. The van der Waals surface area contributed by atoms with Crippen LogP contribution in [0.4, 0.5) is 0 Å². The molecule has 4 saturated carbocycles. The summed E-state index contributed by atoms with van der Waals surface area (Å²) in [4.78, 5) is 25.3. The van der Waals surface area contributed by atoms with Gasteiger partial charge in [0.2, 0.25) is 0 Å². The molecule has 1 N–H and O–H groups in total. The van der Waals surface area contributed by atoms with Gasteiger partial charge in [-0.1, -0.05) is 95.3 Å². The molecule has 244 valence electrons. The van der Waals surface area contributed by atoms with Gasteiger partial charge in [0, 0.05) is 24.4 Å². The van der Waals surface area contributed by atoms with E-state index in [0.717, 1.165) is 38.5 Å². The van der Waals surface area contributed by atoms with E-state index >= 15 is 0 Å². The monoisotopic (exact) mass is 630 g/mol. The fourth-order valence-electron chi connectivity index (χ4n) is 11.2. The minimum Gasteiger partial charge on any atom is -0.462 e. The molecule has 5 nitrogen and oxygen atoms in total. The highest BCUT2D eigenvalue weighted by Crippen LogP contribution is 2.69. The number of hydrogen-bond acceptors (Lipinski definition) is 5. The van der Waals surface area contributed by atoms with E-state index in [4.69, 9.17) is 9.16 Å². The first-order chi connectivity index (χ1) is 21.2. The SMILES string of the molecule is CC(=O)O[C@@H]1C[C@H]2[C@@H](CC[C@@H]3C[C@@H](O[Si](c4ccccc4)(c4ccccc4)C(C)(C)C)CC[C@@]32C)[C@@]2(O)CC[C@H](C(C)=O)[C@@]12C. The predicted octanol–water partition coefficient (Wildman–Crippen LogP) is 6.84. The third-order valence-corrected chi connectivity index (χ3v) is 18.5. The molecule has 0 aromatic heterocycles. The van der Waals surface area contributed by atoms with Gasteiger partial charge in [-0.05, 0) is 96.9 Å². The van der Waals surface area contributed by atoms with E-state index in [0.29, 0.717) is 18.8 Å². The van der Waals surface area contributed by atoms with Crippen LogP contribution in [-0.4, -0.2) is 43.0 Å². The fraction of sp³-hybridized carbons (Fsp3) is 0.641. The zero-order chi connectivity index (χ0) is 32.4. The highest BCUT2D eigenvalue weighted by atomic mass is 28.4. The quantitative estimate of drug-likeness (QED) is 0.280. The summed E-state index contributed by atoms with van der Waals surface area (Å²) in [7, 11) is -2.67. The highest BCUT2D eigenvalue weighted by Gasteiger charge is 2.72. The summed E-state index contributed by atoms with van der Waals surface area (Å²) in [5.41, 5.74) is -1.75. The van der Waals surface area contributed by atoms with E-state index in [1.807, 2.05) is 6.92 Å². The summed E-state index contributed by atoms with van der Waals surface area (Å²) in [6.45, 7) is 14.6. The number of rotatable bonds is 6. The zero-order valence-corrected chi connectivity index (χ0v) is 29.5. The van der Waals surface area contributed by atoms with Crippen molar-refractivity contribution in [2.24, 2.45) is 34.5 Å². The van der Waals surface area contributed by atoms with Crippen molar-refractivity contribution in [1.29, 1.82) is 0 Å². The van der Waals surface area contributed by atoms with Gasteiger partial charge in [0.1, 0.15) is 11.9 Å². The van der Waals surface area contributed by atoms with Crippen LogP contribution in [-0.2, 0) is 18.8 Å². The van der Waals surface area contributed by atoms with Gasteiger partial charge < -0.3 is 14.3 Å². The molecule has 0 aliphatic heterocycles. The lowest BCUT2D eigenvalue weighted by Crippen LogP contribution is -2.69. The Kier molecular flexibility index (Phi) is 8.31. The van der Waals surface area contributed by atoms with Crippen LogP contribution in [0.5, 0.6) is 0 Å². The zero-order valence-electron chi connectivity index (χ0n) is 28.5. The van der Waals surface area contributed by atoms with Crippen LogP contribution in [0, 0.1) is 34.5 Å². The van der Waals surface area contributed by atoms with Gasteiger partial charge in [0.05, 0.1) is 5.60 Å². The number of ketones is 1. The number of fused-ring (bicyclic) bond motifs is 5. The van der Waals surface area contributed by atoms with Crippen molar-refractivity contribution in [3.05, 3.63) is 60.7 Å². The fourth-order valence-corrected chi connectivity index (χ4v) is 15.9. The Morgan fingerprint density at radius 1 is 0.822 bits per heavy atom.